The van der Waals surface area contributed by atoms with E-state index in [0.29, 0.717) is 29.5 Å². The number of nitrogens with zero attached hydrogens (tertiary/aromatic N) is 2. The number of carbonyl (C=O) groups is 1. The minimum Gasteiger partial charge on any atom is -0.493 e. The Kier molecular flexibility index (Phi) is 8.17. The third kappa shape index (κ3) is 5.70. The lowest BCUT2D eigenvalue weighted by Gasteiger charge is -2.26. The molecule has 8 nitrogen and oxygen atoms in total. The largest absolute Gasteiger partial charge is 0.493 e. The van der Waals surface area contributed by atoms with Gasteiger partial charge in [0.05, 0.1) is 33.1 Å². The molecule has 2 N–H and O–H groups in total. The number of nitrogens with one attached hydrogen (secondary N) is 2. The Morgan fingerprint density at radius 3 is 1.93 bits per heavy atom. The average molecular weight is 417 g/mol. The van der Waals surface area contributed by atoms with E-state index in [0.717, 1.165) is 11.3 Å². The average Bonchev–Trinajstić information content (AvgIpc) is 2.73. The molecular formula is C22H32N4O4. The summed E-state index contributed by atoms with van der Waals surface area (Å²) in [5.74, 6) is 1.42. The summed E-state index contributed by atoms with van der Waals surface area (Å²) in [4.78, 5) is 16.6. The predicted octanol–water partition coefficient (Wildman–Crippen LogP) is 3.20. The third-order valence-electron chi connectivity index (χ3n) is 4.80. The lowest BCUT2D eigenvalue weighted by molar-refractivity contribution is 0.243. The summed E-state index contributed by atoms with van der Waals surface area (Å²) >= 11 is 0. The van der Waals surface area contributed by atoms with Crippen LogP contribution in [0.1, 0.15) is 11.6 Å². The first kappa shape index (κ1) is 23.2. The van der Waals surface area contributed by atoms with Crippen LogP contribution in [0.15, 0.2) is 36.4 Å². The van der Waals surface area contributed by atoms with E-state index < -0.39 is 0 Å². The normalized spacial score (nSPS) is 11.6. The van der Waals surface area contributed by atoms with Crippen molar-refractivity contribution in [2.24, 2.45) is 0 Å². The van der Waals surface area contributed by atoms with Crippen LogP contribution in [0.25, 0.3) is 0 Å². The number of ether oxygens (including phenoxy) is 3. The predicted molar refractivity (Wildman–Crippen MR) is 120 cm³/mol. The number of methoxy groups -OCH3 is 3. The molecule has 2 rings (SSSR count). The molecule has 0 aliphatic carbocycles. The van der Waals surface area contributed by atoms with Gasteiger partial charge in [-0.3, -0.25) is 0 Å². The quantitative estimate of drug-likeness (QED) is 0.654. The van der Waals surface area contributed by atoms with Gasteiger partial charge in [-0.15, -0.1) is 0 Å². The summed E-state index contributed by atoms with van der Waals surface area (Å²) in [5.41, 5.74) is 2.79. The van der Waals surface area contributed by atoms with Gasteiger partial charge in [0.1, 0.15) is 0 Å². The van der Waals surface area contributed by atoms with E-state index in [1.807, 2.05) is 28.2 Å². The van der Waals surface area contributed by atoms with Gasteiger partial charge in [-0.2, -0.15) is 0 Å². The molecule has 1 unspecified atom stereocenters. The molecule has 8 heteroatoms. The SMILES string of the molecule is COc1cc(NC(=O)NCC(c2ccc(N(C)C)cc2)N(C)C)cc(OC)c1OC. The standard InChI is InChI=1S/C22H32N4O4/c1-25(2)17-10-8-15(9-11-17)18(26(3)4)14-23-22(27)24-16-12-19(28-5)21(30-7)20(13-16)29-6/h8-13,18H,14H2,1-7H3,(H2,23,24,27). The summed E-state index contributed by atoms with van der Waals surface area (Å²) in [5, 5.41) is 5.76. The van der Waals surface area contributed by atoms with Crippen LogP contribution < -0.4 is 29.7 Å². The van der Waals surface area contributed by atoms with Crippen LogP contribution >= 0.6 is 0 Å². The minimum atomic E-state index is -0.318. The maximum atomic E-state index is 12.5. The Hall–Kier alpha value is -3.13. The molecule has 0 bridgehead atoms. The van der Waals surface area contributed by atoms with Crippen LogP contribution in [0.3, 0.4) is 0 Å². The van der Waals surface area contributed by atoms with Crippen molar-refractivity contribution in [3.63, 3.8) is 0 Å². The molecule has 0 saturated heterocycles. The number of rotatable bonds is 9. The zero-order chi connectivity index (χ0) is 22.3. The molecule has 0 spiro atoms. The lowest BCUT2D eigenvalue weighted by Crippen LogP contribution is -2.36. The van der Waals surface area contributed by atoms with Crippen LogP contribution in [0.2, 0.25) is 0 Å². The highest BCUT2D eigenvalue weighted by molar-refractivity contribution is 5.90. The van der Waals surface area contributed by atoms with Crippen molar-refractivity contribution < 1.29 is 19.0 Å². The summed E-state index contributed by atoms with van der Waals surface area (Å²) in [6, 6.07) is 11.4. The van der Waals surface area contributed by atoms with E-state index in [1.165, 1.54) is 21.3 Å². The summed E-state index contributed by atoms with van der Waals surface area (Å²) < 4.78 is 16.0. The Bertz CT molecular complexity index is 813. The maximum absolute atomic E-state index is 12.5. The van der Waals surface area contributed by atoms with Crippen molar-refractivity contribution in [2.75, 3.05) is 66.3 Å². The number of amides is 2. The van der Waals surface area contributed by atoms with E-state index >= 15 is 0 Å². The van der Waals surface area contributed by atoms with Gasteiger partial charge in [-0.05, 0) is 31.8 Å². The molecule has 164 valence electrons. The van der Waals surface area contributed by atoms with Crippen molar-refractivity contribution in [3.05, 3.63) is 42.0 Å². The fourth-order valence-electron chi connectivity index (χ4n) is 3.11. The summed E-state index contributed by atoms with van der Waals surface area (Å²) in [6.07, 6.45) is 0. The molecule has 2 amide bonds. The van der Waals surface area contributed by atoms with E-state index in [9.17, 15) is 4.79 Å². The second-order valence-electron chi connectivity index (χ2n) is 7.21. The number of carbonyl (C=O) groups excluding carboxylic acids is 1. The molecule has 0 aliphatic rings. The fraction of sp³-hybridized carbons (Fsp3) is 0.409. The smallest absolute Gasteiger partial charge is 0.319 e. The van der Waals surface area contributed by atoms with Crippen LogP contribution in [0.5, 0.6) is 17.2 Å². The number of anilines is 2. The lowest BCUT2D eigenvalue weighted by atomic mass is 10.1. The topological polar surface area (TPSA) is 75.3 Å². The monoisotopic (exact) mass is 416 g/mol. The highest BCUT2D eigenvalue weighted by Gasteiger charge is 2.17. The second-order valence-corrected chi connectivity index (χ2v) is 7.21. The molecule has 0 saturated carbocycles. The van der Waals surface area contributed by atoms with Gasteiger partial charge in [0.25, 0.3) is 0 Å². The van der Waals surface area contributed by atoms with Crippen molar-refractivity contribution in [1.29, 1.82) is 0 Å². The number of hydrogen-bond donors (Lipinski definition) is 2. The first-order valence-electron chi connectivity index (χ1n) is 9.59. The third-order valence-corrected chi connectivity index (χ3v) is 4.80. The zero-order valence-corrected chi connectivity index (χ0v) is 18.8. The Morgan fingerprint density at radius 1 is 0.933 bits per heavy atom. The van der Waals surface area contributed by atoms with Crippen LogP contribution in [-0.4, -0.2) is 67.0 Å². The van der Waals surface area contributed by atoms with Gasteiger partial charge >= 0.3 is 6.03 Å². The van der Waals surface area contributed by atoms with E-state index in [2.05, 4.69) is 44.7 Å². The van der Waals surface area contributed by atoms with Crippen molar-refractivity contribution in [3.8, 4) is 17.2 Å². The molecule has 1 atom stereocenters. The van der Waals surface area contributed by atoms with E-state index in [1.54, 1.807) is 12.1 Å². The van der Waals surface area contributed by atoms with Crippen molar-refractivity contribution >= 4 is 17.4 Å². The van der Waals surface area contributed by atoms with Gasteiger partial charge < -0.3 is 34.6 Å². The molecule has 0 radical (unpaired) electrons. The van der Waals surface area contributed by atoms with E-state index in [-0.39, 0.29) is 12.1 Å². The number of hydrogen-bond acceptors (Lipinski definition) is 6. The number of benzene rings is 2. The van der Waals surface area contributed by atoms with Gasteiger partial charge in [0.15, 0.2) is 11.5 Å². The van der Waals surface area contributed by atoms with E-state index in [4.69, 9.17) is 14.2 Å². The van der Waals surface area contributed by atoms with Gasteiger partial charge in [-0.25, -0.2) is 4.79 Å². The maximum Gasteiger partial charge on any atom is 0.319 e. The van der Waals surface area contributed by atoms with Crippen molar-refractivity contribution in [2.45, 2.75) is 6.04 Å². The first-order chi connectivity index (χ1) is 14.3. The highest BCUT2D eigenvalue weighted by Crippen LogP contribution is 2.39. The molecular weight excluding hydrogens is 384 g/mol. The fourth-order valence-corrected chi connectivity index (χ4v) is 3.11. The van der Waals surface area contributed by atoms with Crippen LogP contribution in [-0.2, 0) is 0 Å². The summed E-state index contributed by atoms with van der Waals surface area (Å²) in [6.45, 7) is 0.449. The first-order valence-corrected chi connectivity index (χ1v) is 9.59. The number of likely N-dealkylation sites (N-methyl/N-ethyl adjacent to an activating group) is 1. The van der Waals surface area contributed by atoms with Gasteiger partial charge in [-0.1, -0.05) is 12.1 Å². The van der Waals surface area contributed by atoms with Crippen molar-refractivity contribution in [1.82, 2.24) is 10.2 Å². The van der Waals surface area contributed by atoms with Gasteiger partial charge in [0.2, 0.25) is 5.75 Å². The molecule has 0 aliphatic heterocycles. The second kappa shape index (κ2) is 10.6. The number of urea groups is 1. The highest BCUT2D eigenvalue weighted by atomic mass is 16.5. The molecule has 2 aromatic rings. The molecule has 0 fully saturated rings. The molecule has 2 aromatic carbocycles. The van der Waals surface area contributed by atoms with Crippen LogP contribution in [0, 0.1) is 0 Å². The van der Waals surface area contributed by atoms with Gasteiger partial charge in [0, 0.05) is 38.5 Å². The Balaban J connectivity index is 2.08. The zero-order valence-electron chi connectivity index (χ0n) is 18.8. The Morgan fingerprint density at radius 2 is 1.50 bits per heavy atom. The minimum absolute atomic E-state index is 0.0342. The summed E-state index contributed by atoms with van der Waals surface area (Å²) in [7, 11) is 12.6. The molecule has 0 aromatic heterocycles. The Labute approximate surface area is 178 Å². The van der Waals surface area contributed by atoms with Crippen LogP contribution in [0.4, 0.5) is 16.2 Å². The molecule has 30 heavy (non-hydrogen) atoms. The molecule has 0 heterocycles.